The van der Waals surface area contributed by atoms with Crippen LogP contribution in [0.15, 0.2) is 24.3 Å². The highest BCUT2D eigenvalue weighted by Crippen LogP contribution is 2.30. The molecule has 5 heteroatoms. The largest absolute Gasteiger partial charge is 0.467 e. The van der Waals surface area contributed by atoms with E-state index in [2.05, 4.69) is 5.32 Å². The molecule has 3 nitrogen and oxygen atoms in total. The van der Waals surface area contributed by atoms with E-state index in [4.69, 9.17) is 4.74 Å². The number of ether oxygens (including phenoxy) is 1. The summed E-state index contributed by atoms with van der Waals surface area (Å²) in [6.45, 7) is 5.75. The van der Waals surface area contributed by atoms with E-state index >= 15 is 0 Å². The van der Waals surface area contributed by atoms with Gasteiger partial charge in [-0.05, 0) is 56.2 Å². The molecule has 1 aromatic heterocycles. The van der Waals surface area contributed by atoms with Crippen molar-refractivity contribution in [3.8, 4) is 0 Å². The molecule has 0 saturated heterocycles. The summed E-state index contributed by atoms with van der Waals surface area (Å²) in [5.41, 5.74) is 2.22. The molecule has 0 aliphatic rings. The Balaban J connectivity index is 2.37. The molecule has 0 aliphatic heterocycles. The lowest BCUT2D eigenvalue weighted by molar-refractivity contribution is -0.141. The average Bonchev–Trinajstić information content (AvgIpc) is 2.73. The Morgan fingerprint density at radius 2 is 1.95 bits per heavy atom. The molecule has 1 N–H and O–H groups in total. The average molecular weight is 307 g/mol. The minimum Gasteiger partial charge on any atom is -0.467 e. The molecule has 0 spiro atoms. The number of nitrogens with one attached hydrogen (secondary N) is 1. The first-order chi connectivity index (χ1) is 9.90. The van der Waals surface area contributed by atoms with E-state index in [9.17, 15) is 9.18 Å². The Kier molecular flexibility index (Phi) is 4.63. The van der Waals surface area contributed by atoms with Crippen molar-refractivity contribution in [2.45, 2.75) is 26.8 Å². The summed E-state index contributed by atoms with van der Waals surface area (Å²) < 4.78 is 18.4. The van der Waals surface area contributed by atoms with Gasteiger partial charge in [0.05, 0.1) is 7.11 Å². The molecule has 1 atom stereocenters. The van der Waals surface area contributed by atoms with E-state index in [1.807, 2.05) is 19.9 Å². The highest BCUT2D eigenvalue weighted by Gasteiger charge is 2.24. The molecular formula is C16H18FNO2S. The molecule has 0 fully saturated rings. The second-order valence-electron chi connectivity index (χ2n) is 4.99. The fraction of sp³-hybridized carbons (Fsp3) is 0.312. The zero-order valence-corrected chi connectivity index (χ0v) is 13.3. The van der Waals surface area contributed by atoms with Crippen LogP contribution < -0.4 is 5.32 Å². The first kappa shape index (κ1) is 15.5. The van der Waals surface area contributed by atoms with Gasteiger partial charge in [0.1, 0.15) is 5.82 Å². The molecule has 21 heavy (non-hydrogen) atoms. The molecule has 1 unspecified atom stereocenters. The van der Waals surface area contributed by atoms with E-state index in [1.165, 1.54) is 19.2 Å². The maximum absolute atomic E-state index is 13.5. The van der Waals surface area contributed by atoms with Crippen LogP contribution in [0.25, 0.3) is 0 Å². The molecule has 0 bridgehead atoms. The molecule has 2 aromatic rings. The topological polar surface area (TPSA) is 38.3 Å². The number of esters is 1. The summed E-state index contributed by atoms with van der Waals surface area (Å²) in [7, 11) is 1.35. The molecule has 0 radical (unpaired) electrons. The third-order valence-corrected chi connectivity index (χ3v) is 4.16. The smallest absolute Gasteiger partial charge is 0.333 e. The number of carbonyl (C=O) groups is 1. The maximum Gasteiger partial charge on any atom is 0.333 e. The number of hydrogen-bond donors (Lipinski definition) is 1. The van der Waals surface area contributed by atoms with Crippen LogP contribution in [0.5, 0.6) is 0 Å². The maximum atomic E-state index is 13.5. The van der Waals surface area contributed by atoms with Crippen molar-refractivity contribution in [1.82, 2.24) is 0 Å². The lowest BCUT2D eigenvalue weighted by atomic mass is 10.1. The first-order valence-corrected chi connectivity index (χ1v) is 7.41. The Bertz CT molecular complexity index is 646. The summed E-state index contributed by atoms with van der Waals surface area (Å²) in [5, 5.41) is 3.07. The van der Waals surface area contributed by atoms with E-state index in [1.54, 1.807) is 24.3 Å². The zero-order chi connectivity index (χ0) is 15.6. The Morgan fingerprint density at radius 1 is 1.24 bits per heavy atom. The van der Waals surface area contributed by atoms with Gasteiger partial charge in [-0.15, -0.1) is 11.3 Å². The molecule has 112 valence electrons. The minimum atomic E-state index is -0.638. The van der Waals surface area contributed by atoms with Crippen molar-refractivity contribution in [1.29, 1.82) is 0 Å². The number of thiophene rings is 1. The predicted octanol–water partition coefficient (Wildman–Crippen LogP) is 4.14. The van der Waals surface area contributed by atoms with Crippen molar-refractivity contribution in [2.75, 3.05) is 12.4 Å². The number of rotatable bonds is 4. The molecule has 0 aliphatic carbocycles. The molecule has 1 heterocycles. The molecule has 2 rings (SSSR count). The molecule has 0 saturated carbocycles. The van der Waals surface area contributed by atoms with Crippen LogP contribution in [0.1, 0.15) is 26.9 Å². The van der Waals surface area contributed by atoms with Gasteiger partial charge in [0.15, 0.2) is 6.04 Å². The standard InChI is InChI=1S/C16H18FNO2S/c1-9-5-12(17)8-13(6-9)18-15(16(19)20-4)14-7-10(2)21-11(14)3/h5-8,15,18H,1-4H3. The van der Waals surface area contributed by atoms with Crippen LogP contribution in [-0.2, 0) is 9.53 Å². The zero-order valence-electron chi connectivity index (χ0n) is 12.5. The lowest BCUT2D eigenvalue weighted by Gasteiger charge is -2.18. The summed E-state index contributed by atoms with van der Waals surface area (Å²) in [4.78, 5) is 14.2. The molecule has 1 aromatic carbocycles. The van der Waals surface area contributed by atoms with Gasteiger partial charge in [-0.2, -0.15) is 0 Å². The van der Waals surface area contributed by atoms with Gasteiger partial charge >= 0.3 is 5.97 Å². The third-order valence-electron chi connectivity index (χ3n) is 3.18. The first-order valence-electron chi connectivity index (χ1n) is 6.59. The molecular weight excluding hydrogens is 289 g/mol. The van der Waals surface area contributed by atoms with Crippen LogP contribution >= 0.6 is 11.3 Å². The van der Waals surface area contributed by atoms with Crippen LogP contribution in [0.4, 0.5) is 10.1 Å². The third kappa shape index (κ3) is 3.61. The van der Waals surface area contributed by atoms with Gasteiger partial charge < -0.3 is 10.1 Å². The van der Waals surface area contributed by atoms with Crippen molar-refractivity contribution in [3.63, 3.8) is 0 Å². The fourth-order valence-electron chi connectivity index (χ4n) is 2.30. The van der Waals surface area contributed by atoms with Crippen molar-refractivity contribution >= 4 is 23.0 Å². The number of anilines is 1. The number of benzene rings is 1. The highest BCUT2D eigenvalue weighted by molar-refractivity contribution is 7.12. The fourth-order valence-corrected chi connectivity index (χ4v) is 3.27. The van der Waals surface area contributed by atoms with Gasteiger partial charge in [0.2, 0.25) is 0 Å². The number of aryl methyl sites for hydroxylation is 3. The lowest BCUT2D eigenvalue weighted by Crippen LogP contribution is -2.22. The van der Waals surface area contributed by atoms with Crippen molar-refractivity contribution in [3.05, 3.63) is 51.0 Å². The van der Waals surface area contributed by atoms with Crippen LogP contribution in [0.2, 0.25) is 0 Å². The van der Waals surface area contributed by atoms with E-state index in [0.29, 0.717) is 5.69 Å². The summed E-state index contributed by atoms with van der Waals surface area (Å²) >= 11 is 1.62. The Hall–Kier alpha value is -1.88. The number of methoxy groups -OCH3 is 1. The van der Waals surface area contributed by atoms with Crippen LogP contribution in [-0.4, -0.2) is 13.1 Å². The Labute approximate surface area is 127 Å². The van der Waals surface area contributed by atoms with Crippen molar-refractivity contribution < 1.29 is 13.9 Å². The van der Waals surface area contributed by atoms with E-state index < -0.39 is 12.0 Å². The monoisotopic (exact) mass is 307 g/mol. The Morgan fingerprint density at radius 3 is 2.48 bits per heavy atom. The normalized spacial score (nSPS) is 12.0. The summed E-state index contributed by atoms with van der Waals surface area (Å²) in [6.07, 6.45) is 0. The van der Waals surface area contributed by atoms with Gasteiger partial charge in [-0.1, -0.05) is 0 Å². The number of carbonyl (C=O) groups excluding carboxylic acids is 1. The van der Waals surface area contributed by atoms with Crippen molar-refractivity contribution in [2.24, 2.45) is 0 Å². The van der Waals surface area contributed by atoms with Crippen LogP contribution in [0, 0.1) is 26.6 Å². The highest BCUT2D eigenvalue weighted by atomic mass is 32.1. The number of hydrogen-bond acceptors (Lipinski definition) is 4. The van der Waals surface area contributed by atoms with Gasteiger partial charge in [0.25, 0.3) is 0 Å². The van der Waals surface area contributed by atoms with Gasteiger partial charge in [0, 0.05) is 15.4 Å². The van der Waals surface area contributed by atoms with E-state index in [-0.39, 0.29) is 5.82 Å². The predicted molar refractivity (Wildman–Crippen MR) is 83.3 cm³/mol. The van der Waals surface area contributed by atoms with Gasteiger partial charge in [-0.25, -0.2) is 9.18 Å². The van der Waals surface area contributed by atoms with E-state index in [0.717, 1.165) is 20.9 Å². The SMILES string of the molecule is COC(=O)C(Nc1cc(C)cc(F)c1)c1cc(C)sc1C. The minimum absolute atomic E-state index is 0.334. The summed E-state index contributed by atoms with van der Waals surface area (Å²) in [5.74, 6) is -0.725. The molecule has 0 amide bonds. The second kappa shape index (κ2) is 6.26. The van der Waals surface area contributed by atoms with Gasteiger partial charge in [-0.3, -0.25) is 0 Å². The summed E-state index contributed by atoms with van der Waals surface area (Å²) in [6, 6.07) is 5.94. The second-order valence-corrected chi connectivity index (χ2v) is 6.45. The number of halogens is 1. The quantitative estimate of drug-likeness (QED) is 0.863. The van der Waals surface area contributed by atoms with Crippen LogP contribution in [0.3, 0.4) is 0 Å².